The number of carbonyl (C=O) groups excluding carboxylic acids is 2. The number of hydrogen-bond acceptors (Lipinski definition) is 6. The van der Waals surface area contributed by atoms with E-state index in [1.807, 2.05) is 6.92 Å². The van der Waals surface area contributed by atoms with Gasteiger partial charge in [-0.3, -0.25) is 0 Å². The normalized spacial score (nSPS) is 11.1. The number of nitrogens with zero attached hydrogens (tertiary/aromatic N) is 1. The van der Waals surface area contributed by atoms with Crippen LogP contribution in [0.25, 0.3) is 17.0 Å². The number of aryl methyl sites for hydroxylation is 1. The Labute approximate surface area is 168 Å². The van der Waals surface area contributed by atoms with Crippen LogP contribution < -0.4 is 0 Å². The van der Waals surface area contributed by atoms with Crippen molar-refractivity contribution in [2.45, 2.75) is 11.8 Å². The molecule has 0 radical (unpaired) electrons. The number of benzene rings is 2. The van der Waals surface area contributed by atoms with E-state index in [0.29, 0.717) is 16.5 Å². The first-order valence-corrected chi connectivity index (χ1v) is 10.0. The van der Waals surface area contributed by atoms with Crippen LogP contribution in [0.5, 0.6) is 0 Å². The van der Waals surface area contributed by atoms with E-state index >= 15 is 0 Å². The summed E-state index contributed by atoms with van der Waals surface area (Å²) in [6.45, 7) is 1.87. The van der Waals surface area contributed by atoms with Crippen LogP contribution in [-0.4, -0.2) is 38.5 Å². The fourth-order valence-corrected chi connectivity index (χ4v) is 4.27. The first kappa shape index (κ1) is 20.3. The second kappa shape index (κ2) is 7.92. The summed E-state index contributed by atoms with van der Waals surface area (Å²) in [5, 5.41) is 0.550. The minimum atomic E-state index is -3.89. The summed E-state index contributed by atoms with van der Waals surface area (Å²) in [5.74, 6) is -1.76. The lowest BCUT2D eigenvalue weighted by Crippen LogP contribution is -2.15. The van der Waals surface area contributed by atoms with E-state index in [0.717, 1.165) is 23.8 Å². The molecule has 3 rings (SSSR count). The van der Waals surface area contributed by atoms with E-state index in [2.05, 4.69) is 9.47 Å². The molecule has 8 heteroatoms. The number of aromatic nitrogens is 1. The number of carbonyl (C=O) groups is 2. The van der Waals surface area contributed by atoms with Crippen LogP contribution >= 0.6 is 0 Å². The van der Waals surface area contributed by atoms with Crippen molar-refractivity contribution in [2.75, 3.05) is 14.2 Å². The minimum absolute atomic E-state index is 0.126. The van der Waals surface area contributed by atoms with Gasteiger partial charge in [0.1, 0.15) is 5.57 Å². The maximum atomic E-state index is 13.2. The molecular formula is C21H19NO6S. The van der Waals surface area contributed by atoms with Gasteiger partial charge in [0.15, 0.2) is 0 Å². The van der Waals surface area contributed by atoms with Crippen LogP contribution in [0.4, 0.5) is 0 Å². The van der Waals surface area contributed by atoms with Gasteiger partial charge in [0.25, 0.3) is 10.0 Å². The molecule has 29 heavy (non-hydrogen) atoms. The first-order valence-electron chi connectivity index (χ1n) is 8.60. The number of esters is 2. The van der Waals surface area contributed by atoms with Crippen molar-refractivity contribution in [2.24, 2.45) is 0 Å². The van der Waals surface area contributed by atoms with E-state index in [9.17, 15) is 18.0 Å². The Morgan fingerprint density at radius 2 is 1.52 bits per heavy atom. The second-order valence-corrected chi connectivity index (χ2v) is 8.07. The third-order valence-corrected chi connectivity index (χ3v) is 6.08. The topological polar surface area (TPSA) is 91.7 Å². The van der Waals surface area contributed by atoms with Crippen molar-refractivity contribution in [3.63, 3.8) is 0 Å². The van der Waals surface area contributed by atoms with Crippen molar-refractivity contribution in [3.8, 4) is 0 Å². The van der Waals surface area contributed by atoms with Crippen molar-refractivity contribution >= 4 is 38.9 Å². The highest BCUT2D eigenvalue weighted by molar-refractivity contribution is 7.90. The van der Waals surface area contributed by atoms with E-state index in [-0.39, 0.29) is 10.5 Å². The van der Waals surface area contributed by atoms with E-state index in [1.165, 1.54) is 24.4 Å². The molecule has 0 saturated heterocycles. The largest absolute Gasteiger partial charge is 0.465 e. The van der Waals surface area contributed by atoms with Gasteiger partial charge in [-0.2, -0.15) is 0 Å². The van der Waals surface area contributed by atoms with E-state index in [4.69, 9.17) is 0 Å². The number of ether oxygens (including phenoxy) is 2. The summed E-state index contributed by atoms with van der Waals surface area (Å²) >= 11 is 0. The molecule has 0 atom stereocenters. The molecular weight excluding hydrogens is 394 g/mol. The summed E-state index contributed by atoms with van der Waals surface area (Å²) in [4.78, 5) is 24.1. The zero-order valence-corrected chi connectivity index (χ0v) is 16.9. The zero-order chi connectivity index (χ0) is 21.2. The minimum Gasteiger partial charge on any atom is -0.465 e. The monoisotopic (exact) mass is 413 g/mol. The van der Waals surface area contributed by atoms with Gasteiger partial charge in [-0.1, -0.05) is 35.9 Å². The molecule has 0 bridgehead atoms. The van der Waals surface area contributed by atoms with Gasteiger partial charge in [-0.05, 0) is 31.2 Å². The highest BCUT2D eigenvalue weighted by Crippen LogP contribution is 2.28. The van der Waals surface area contributed by atoms with E-state index in [1.54, 1.807) is 36.4 Å². The summed E-state index contributed by atoms with van der Waals surface area (Å²) in [6.07, 6.45) is 2.63. The number of methoxy groups -OCH3 is 2. The van der Waals surface area contributed by atoms with Gasteiger partial charge >= 0.3 is 11.9 Å². The fourth-order valence-electron chi connectivity index (χ4n) is 2.89. The number of para-hydroxylation sites is 1. The number of rotatable bonds is 5. The van der Waals surface area contributed by atoms with E-state index < -0.39 is 22.0 Å². The van der Waals surface area contributed by atoms with Crippen LogP contribution in [0.1, 0.15) is 11.1 Å². The molecule has 0 fully saturated rings. The Bertz CT molecular complexity index is 1200. The smallest absolute Gasteiger partial charge is 0.345 e. The Morgan fingerprint density at radius 1 is 0.931 bits per heavy atom. The van der Waals surface area contributed by atoms with Crippen molar-refractivity contribution < 1.29 is 27.5 Å². The summed E-state index contributed by atoms with van der Waals surface area (Å²) < 4.78 is 36.8. The first-order chi connectivity index (χ1) is 13.8. The maximum Gasteiger partial charge on any atom is 0.345 e. The Morgan fingerprint density at radius 3 is 2.10 bits per heavy atom. The predicted molar refractivity (Wildman–Crippen MR) is 108 cm³/mol. The third kappa shape index (κ3) is 3.79. The second-order valence-electron chi connectivity index (χ2n) is 6.26. The summed E-state index contributed by atoms with van der Waals surface area (Å²) in [6, 6.07) is 13.3. The molecule has 3 aromatic rings. The Kier molecular flexibility index (Phi) is 5.56. The number of hydrogen-bond donors (Lipinski definition) is 0. The Balaban J connectivity index is 2.25. The zero-order valence-electron chi connectivity index (χ0n) is 16.1. The van der Waals surface area contributed by atoms with Gasteiger partial charge in [-0.15, -0.1) is 0 Å². The Hall–Kier alpha value is -3.39. The molecule has 0 spiro atoms. The van der Waals surface area contributed by atoms with Gasteiger partial charge in [0.2, 0.25) is 0 Å². The lowest BCUT2D eigenvalue weighted by atomic mass is 10.1. The van der Waals surface area contributed by atoms with Crippen LogP contribution in [0.3, 0.4) is 0 Å². The SMILES string of the molecule is COC(=O)C(=Cc1cn(S(=O)(=O)c2ccc(C)cc2)c2ccccc12)C(=O)OC. The van der Waals surface area contributed by atoms with Gasteiger partial charge in [0, 0.05) is 17.1 Å². The highest BCUT2D eigenvalue weighted by Gasteiger charge is 2.24. The summed E-state index contributed by atoms with van der Waals surface area (Å²) in [5.41, 5.74) is 1.37. The fraction of sp³-hybridized carbons (Fsp3) is 0.143. The molecule has 0 unspecified atom stereocenters. The van der Waals surface area contributed by atoms with Crippen LogP contribution in [0.2, 0.25) is 0 Å². The number of fused-ring (bicyclic) bond motifs is 1. The lowest BCUT2D eigenvalue weighted by molar-refractivity contribution is -0.143. The quantitative estimate of drug-likeness (QED) is 0.276. The van der Waals surface area contributed by atoms with Crippen molar-refractivity contribution in [3.05, 3.63) is 71.4 Å². The molecule has 0 aliphatic carbocycles. The molecule has 0 amide bonds. The predicted octanol–water partition coefficient (Wildman–Crippen LogP) is 2.92. The molecule has 150 valence electrons. The van der Waals surface area contributed by atoms with Gasteiger partial charge in [-0.25, -0.2) is 22.0 Å². The van der Waals surface area contributed by atoms with Crippen molar-refractivity contribution in [1.29, 1.82) is 0 Å². The lowest BCUT2D eigenvalue weighted by Gasteiger charge is -2.07. The van der Waals surface area contributed by atoms with Gasteiger partial charge < -0.3 is 9.47 Å². The molecule has 1 heterocycles. The third-order valence-electron chi connectivity index (χ3n) is 4.40. The van der Waals surface area contributed by atoms with Crippen molar-refractivity contribution in [1.82, 2.24) is 3.97 Å². The highest BCUT2D eigenvalue weighted by atomic mass is 32.2. The molecule has 0 aliphatic rings. The molecule has 2 aromatic carbocycles. The molecule has 0 aliphatic heterocycles. The molecule has 1 aromatic heterocycles. The average Bonchev–Trinajstić information content (AvgIpc) is 3.10. The van der Waals surface area contributed by atoms with Crippen LogP contribution in [0, 0.1) is 6.92 Å². The van der Waals surface area contributed by atoms with Crippen LogP contribution in [0.15, 0.2) is 65.2 Å². The molecule has 7 nitrogen and oxygen atoms in total. The molecule has 0 saturated carbocycles. The van der Waals surface area contributed by atoms with Gasteiger partial charge in [0.05, 0.1) is 24.6 Å². The molecule has 0 N–H and O–H groups in total. The standard InChI is InChI=1S/C21H19NO6S/c1-14-8-10-16(11-9-14)29(25,26)22-13-15(17-6-4-5-7-19(17)22)12-18(20(23)27-2)21(24)28-3/h4-13H,1-3H3. The maximum absolute atomic E-state index is 13.2. The van der Waals surface area contributed by atoms with Crippen LogP contribution in [-0.2, 0) is 29.1 Å². The summed E-state index contributed by atoms with van der Waals surface area (Å²) in [7, 11) is -1.61. The average molecular weight is 413 g/mol.